The van der Waals surface area contributed by atoms with Gasteiger partial charge in [-0.2, -0.15) is 0 Å². The van der Waals surface area contributed by atoms with E-state index in [9.17, 15) is 15.0 Å². The van der Waals surface area contributed by atoms with Gasteiger partial charge in [-0.1, -0.05) is 13.8 Å². The fourth-order valence-corrected chi connectivity index (χ4v) is 2.82. The van der Waals surface area contributed by atoms with Crippen molar-refractivity contribution in [1.29, 1.82) is 0 Å². The predicted octanol–water partition coefficient (Wildman–Crippen LogP) is 3.54. The van der Waals surface area contributed by atoms with Gasteiger partial charge in [0, 0.05) is 36.1 Å². The van der Waals surface area contributed by atoms with Gasteiger partial charge in [-0.05, 0) is 44.3 Å². The molecule has 3 N–H and O–H groups in total. The largest absolute Gasteiger partial charge is 0.506 e. The van der Waals surface area contributed by atoms with Gasteiger partial charge in [-0.15, -0.1) is 24.8 Å². The number of aliphatic hydroxyl groups excluding tert-OH is 1. The highest BCUT2D eigenvalue weighted by atomic mass is 35.5. The van der Waals surface area contributed by atoms with Crippen molar-refractivity contribution < 1.29 is 19.7 Å². The van der Waals surface area contributed by atoms with Gasteiger partial charge in [0.05, 0.1) is 17.9 Å². The van der Waals surface area contributed by atoms with E-state index in [1.807, 2.05) is 0 Å². The Morgan fingerprint density at radius 3 is 2.37 bits per heavy atom. The molecule has 0 atom stereocenters. The minimum absolute atomic E-state index is 0. The van der Waals surface area contributed by atoms with Crippen LogP contribution in [0.4, 0.5) is 5.69 Å². The summed E-state index contributed by atoms with van der Waals surface area (Å²) < 4.78 is 5.32. The molecule has 1 heterocycles. The minimum atomic E-state index is -0.344. The number of ether oxygens (including phenoxy) is 1. The SMILES string of the molecule is CCN(CC)CCOC(=O)c1ccc(NCc2c(CO)cnc(C)c2O)cc1.Cl.Cl. The molecule has 0 saturated carbocycles. The number of esters is 1. The number of nitrogens with one attached hydrogen (secondary N) is 1. The Kier molecular flexibility index (Phi) is 13.1. The standard InChI is InChI=1S/C21H29N3O4.2ClH/c1-4-24(5-2)10-11-28-21(27)16-6-8-18(9-7-16)23-13-19-17(14-25)12-22-15(3)20(19)26;;/h6-9,12,23,25-26H,4-5,10-11,13-14H2,1-3H3;2*1H. The average Bonchev–Trinajstić information content (AvgIpc) is 2.72. The van der Waals surface area contributed by atoms with E-state index < -0.39 is 0 Å². The number of hydrogen-bond donors (Lipinski definition) is 3. The molecule has 0 aliphatic heterocycles. The second-order valence-electron chi connectivity index (χ2n) is 6.45. The molecule has 0 aliphatic carbocycles. The molecule has 0 fully saturated rings. The van der Waals surface area contributed by atoms with Crippen LogP contribution in [0.25, 0.3) is 0 Å². The van der Waals surface area contributed by atoms with E-state index in [1.54, 1.807) is 37.4 Å². The van der Waals surface area contributed by atoms with Gasteiger partial charge in [0.2, 0.25) is 0 Å². The smallest absolute Gasteiger partial charge is 0.338 e. The molecule has 0 aliphatic rings. The van der Waals surface area contributed by atoms with Gasteiger partial charge in [-0.25, -0.2) is 4.79 Å². The van der Waals surface area contributed by atoms with Crippen LogP contribution in [0, 0.1) is 6.92 Å². The molecule has 0 amide bonds. The van der Waals surface area contributed by atoms with E-state index in [0.717, 1.165) is 25.3 Å². The molecule has 0 bridgehead atoms. The summed E-state index contributed by atoms with van der Waals surface area (Å²) in [5.74, 6) is -0.267. The maximum absolute atomic E-state index is 12.1. The number of aromatic hydroxyl groups is 1. The summed E-state index contributed by atoms with van der Waals surface area (Å²) in [6.45, 7) is 8.94. The first-order valence-corrected chi connectivity index (χ1v) is 9.50. The highest BCUT2D eigenvalue weighted by Crippen LogP contribution is 2.25. The van der Waals surface area contributed by atoms with Crippen LogP contribution in [0.2, 0.25) is 0 Å². The average molecular weight is 460 g/mol. The van der Waals surface area contributed by atoms with Crippen LogP contribution < -0.4 is 5.32 Å². The number of halogens is 2. The van der Waals surface area contributed by atoms with Gasteiger partial charge in [0.15, 0.2) is 0 Å². The fraction of sp³-hybridized carbons (Fsp3) is 0.429. The number of aliphatic hydroxyl groups is 1. The van der Waals surface area contributed by atoms with Crippen LogP contribution in [0.5, 0.6) is 5.75 Å². The van der Waals surface area contributed by atoms with E-state index in [0.29, 0.717) is 35.5 Å². The molecule has 7 nitrogen and oxygen atoms in total. The summed E-state index contributed by atoms with van der Waals surface area (Å²) in [5, 5.41) is 22.8. The van der Waals surface area contributed by atoms with Gasteiger partial charge in [-0.3, -0.25) is 4.98 Å². The third-order valence-corrected chi connectivity index (χ3v) is 4.73. The van der Waals surface area contributed by atoms with Crippen molar-refractivity contribution in [2.45, 2.75) is 33.9 Å². The number of aromatic nitrogens is 1. The first kappa shape index (κ1) is 27.9. The number of rotatable bonds is 10. The summed E-state index contributed by atoms with van der Waals surface area (Å²) in [7, 11) is 0. The van der Waals surface area contributed by atoms with Crippen molar-refractivity contribution >= 4 is 36.5 Å². The Morgan fingerprint density at radius 1 is 1.17 bits per heavy atom. The minimum Gasteiger partial charge on any atom is -0.506 e. The number of likely N-dealkylation sites (N-methyl/N-ethyl adjacent to an activating group) is 1. The van der Waals surface area contributed by atoms with Crippen molar-refractivity contribution in [1.82, 2.24) is 9.88 Å². The lowest BCUT2D eigenvalue weighted by Gasteiger charge is -2.17. The molecule has 0 radical (unpaired) electrons. The van der Waals surface area contributed by atoms with Crippen LogP contribution in [-0.2, 0) is 17.9 Å². The molecular formula is C21H31Cl2N3O4. The number of anilines is 1. The molecule has 2 aromatic rings. The number of benzene rings is 1. The topological polar surface area (TPSA) is 94.9 Å². The van der Waals surface area contributed by atoms with Gasteiger partial charge in [0.25, 0.3) is 0 Å². The molecule has 1 aromatic carbocycles. The van der Waals surface area contributed by atoms with E-state index in [2.05, 4.69) is 29.0 Å². The first-order chi connectivity index (χ1) is 13.5. The summed E-state index contributed by atoms with van der Waals surface area (Å²) >= 11 is 0. The Balaban J connectivity index is 0.00000420. The number of aryl methyl sites for hydroxylation is 1. The van der Waals surface area contributed by atoms with Gasteiger partial charge >= 0.3 is 5.97 Å². The van der Waals surface area contributed by atoms with E-state index in [1.165, 1.54) is 0 Å². The molecule has 1 aromatic heterocycles. The maximum atomic E-state index is 12.1. The molecule has 168 valence electrons. The zero-order valence-electron chi connectivity index (χ0n) is 17.6. The van der Waals surface area contributed by atoms with Crippen molar-refractivity contribution in [3.63, 3.8) is 0 Å². The third kappa shape index (κ3) is 7.65. The van der Waals surface area contributed by atoms with Crippen molar-refractivity contribution in [3.05, 3.63) is 52.8 Å². The molecule has 30 heavy (non-hydrogen) atoms. The zero-order chi connectivity index (χ0) is 20.5. The number of hydrogen-bond acceptors (Lipinski definition) is 7. The zero-order valence-corrected chi connectivity index (χ0v) is 19.2. The second-order valence-corrected chi connectivity index (χ2v) is 6.45. The predicted molar refractivity (Wildman–Crippen MR) is 123 cm³/mol. The Labute approximate surface area is 190 Å². The fourth-order valence-electron chi connectivity index (χ4n) is 2.82. The summed E-state index contributed by atoms with van der Waals surface area (Å²) in [6, 6.07) is 6.97. The van der Waals surface area contributed by atoms with Crippen molar-refractivity contribution in [3.8, 4) is 5.75 Å². The van der Waals surface area contributed by atoms with Crippen molar-refractivity contribution in [2.75, 3.05) is 31.6 Å². The Morgan fingerprint density at radius 2 is 1.80 bits per heavy atom. The monoisotopic (exact) mass is 459 g/mol. The van der Waals surface area contributed by atoms with Crippen LogP contribution >= 0.6 is 24.8 Å². The lowest BCUT2D eigenvalue weighted by atomic mass is 10.1. The Bertz CT molecular complexity index is 785. The Hall–Kier alpha value is -2.06. The number of pyridine rings is 1. The summed E-state index contributed by atoms with van der Waals surface area (Å²) in [5.41, 5.74) is 2.97. The highest BCUT2D eigenvalue weighted by molar-refractivity contribution is 5.89. The van der Waals surface area contributed by atoms with Crippen LogP contribution in [0.1, 0.15) is 41.0 Å². The third-order valence-electron chi connectivity index (χ3n) is 4.73. The number of carbonyl (C=O) groups is 1. The second kappa shape index (κ2) is 14.0. The van der Waals surface area contributed by atoms with Crippen molar-refractivity contribution in [2.24, 2.45) is 0 Å². The molecule has 0 spiro atoms. The maximum Gasteiger partial charge on any atom is 0.338 e. The lowest BCUT2D eigenvalue weighted by molar-refractivity contribution is 0.0466. The lowest BCUT2D eigenvalue weighted by Crippen LogP contribution is -2.27. The quantitative estimate of drug-likeness (QED) is 0.467. The highest BCUT2D eigenvalue weighted by Gasteiger charge is 2.12. The van der Waals surface area contributed by atoms with Crippen LogP contribution in [-0.4, -0.2) is 52.3 Å². The molecular weight excluding hydrogens is 429 g/mol. The van der Waals surface area contributed by atoms with Crippen LogP contribution in [0.15, 0.2) is 30.5 Å². The summed E-state index contributed by atoms with van der Waals surface area (Å²) in [4.78, 5) is 18.4. The first-order valence-electron chi connectivity index (χ1n) is 9.50. The molecule has 0 unspecified atom stereocenters. The van der Waals surface area contributed by atoms with E-state index in [-0.39, 0.29) is 43.1 Å². The molecule has 0 saturated heterocycles. The van der Waals surface area contributed by atoms with Gasteiger partial charge < -0.3 is 25.2 Å². The number of nitrogens with zero attached hydrogens (tertiary/aromatic N) is 2. The van der Waals surface area contributed by atoms with Gasteiger partial charge in [0.1, 0.15) is 12.4 Å². The summed E-state index contributed by atoms with van der Waals surface area (Å²) in [6.07, 6.45) is 1.56. The number of carbonyl (C=O) groups excluding carboxylic acids is 1. The van der Waals surface area contributed by atoms with Crippen LogP contribution in [0.3, 0.4) is 0 Å². The normalized spacial score (nSPS) is 10.2. The van der Waals surface area contributed by atoms with E-state index in [4.69, 9.17) is 4.74 Å². The van der Waals surface area contributed by atoms with E-state index >= 15 is 0 Å². The molecule has 9 heteroatoms. The molecule has 2 rings (SSSR count).